The van der Waals surface area contributed by atoms with Gasteiger partial charge in [0.05, 0.1) is 5.02 Å². The second-order valence-corrected chi connectivity index (χ2v) is 1.95. The Balaban J connectivity index is 3.15. The standard InChI is InChI=1S/C6H5ClN2/c7-6-4-9-2-1-5(6)3-8/h1-4,8H. The summed E-state index contributed by atoms with van der Waals surface area (Å²) in [6.07, 6.45) is 4.32. The number of hydrogen-bond acceptors (Lipinski definition) is 2. The smallest absolute Gasteiger partial charge is 0.0676 e. The van der Waals surface area contributed by atoms with Crippen LogP contribution in [0, 0.1) is 5.41 Å². The second kappa shape index (κ2) is 2.60. The summed E-state index contributed by atoms with van der Waals surface area (Å²) in [6.45, 7) is 0. The van der Waals surface area contributed by atoms with Crippen molar-refractivity contribution in [2.24, 2.45) is 0 Å². The number of pyridine rings is 1. The number of rotatable bonds is 1. The van der Waals surface area contributed by atoms with Crippen molar-refractivity contribution in [3.8, 4) is 0 Å². The highest BCUT2D eigenvalue weighted by molar-refractivity contribution is 6.32. The molecule has 1 N–H and O–H groups in total. The van der Waals surface area contributed by atoms with Gasteiger partial charge in [-0.25, -0.2) is 0 Å². The van der Waals surface area contributed by atoms with E-state index in [2.05, 4.69) is 4.98 Å². The molecule has 1 rings (SSSR count). The van der Waals surface area contributed by atoms with Gasteiger partial charge in [0.2, 0.25) is 0 Å². The second-order valence-electron chi connectivity index (χ2n) is 1.54. The van der Waals surface area contributed by atoms with E-state index in [0.29, 0.717) is 10.6 Å². The van der Waals surface area contributed by atoms with Gasteiger partial charge in [-0.15, -0.1) is 0 Å². The van der Waals surface area contributed by atoms with Crippen LogP contribution in [0.3, 0.4) is 0 Å². The van der Waals surface area contributed by atoms with Gasteiger partial charge in [0.25, 0.3) is 0 Å². The normalized spacial score (nSPS) is 9.00. The molecule has 0 aliphatic rings. The van der Waals surface area contributed by atoms with Gasteiger partial charge in [-0.05, 0) is 6.07 Å². The molecule has 0 radical (unpaired) electrons. The largest absolute Gasteiger partial charge is 0.308 e. The number of nitrogens with one attached hydrogen (secondary N) is 1. The van der Waals surface area contributed by atoms with E-state index in [0.717, 1.165) is 0 Å². The van der Waals surface area contributed by atoms with Crippen LogP contribution in [0.2, 0.25) is 5.02 Å². The van der Waals surface area contributed by atoms with Crippen molar-refractivity contribution in [2.75, 3.05) is 0 Å². The van der Waals surface area contributed by atoms with Gasteiger partial charge in [0, 0.05) is 24.2 Å². The number of nitrogens with zero attached hydrogens (tertiary/aromatic N) is 1. The van der Waals surface area contributed by atoms with Crippen LogP contribution >= 0.6 is 11.6 Å². The maximum absolute atomic E-state index is 6.85. The molecule has 0 unspecified atom stereocenters. The molecule has 3 heteroatoms. The van der Waals surface area contributed by atoms with E-state index in [9.17, 15) is 0 Å². The highest BCUT2D eigenvalue weighted by Gasteiger charge is 1.91. The monoisotopic (exact) mass is 140 g/mol. The van der Waals surface area contributed by atoms with Gasteiger partial charge in [0.1, 0.15) is 0 Å². The van der Waals surface area contributed by atoms with E-state index in [4.69, 9.17) is 17.0 Å². The molecule has 0 bridgehead atoms. The Labute approximate surface area is 58.0 Å². The molecule has 0 aromatic carbocycles. The van der Waals surface area contributed by atoms with Crippen molar-refractivity contribution in [3.63, 3.8) is 0 Å². The predicted molar refractivity (Wildman–Crippen MR) is 37.1 cm³/mol. The molecule has 0 atom stereocenters. The highest BCUT2D eigenvalue weighted by atomic mass is 35.5. The van der Waals surface area contributed by atoms with E-state index >= 15 is 0 Å². The van der Waals surface area contributed by atoms with Crippen LogP contribution in [0.15, 0.2) is 18.5 Å². The number of aromatic nitrogens is 1. The van der Waals surface area contributed by atoms with Gasteiger partial charge in [0.15, 0.2) is 0 Å². The van der Waals surface area contributed by atoms with Crippen LogP contribution in [0.1, 0.15) is 5.56 Å². The molecular weight excluding hydrogens is 136 g/mol. The zero-order valence-corrected chi connectivity index (χ0v) is 5.39. The van der Waals surface area contributed by atoms with Crippen molar-refractivity contribution in [3.05, 3.63) is 29.0 Å². The average molecular weight is 141 g/mol. The SMILES string of the molecule is N=Cc1ccncc1Cl. The third-order valence-electron chi connectivity index (χ3n) is 0.959. The van der Waals surface area contributed by atoms with Gasteiger partial charge < -0.3 is 5.41 Å². The van der Waals surface area contributed by atoms with Crippen molar-refractivity contribution in [1.29, 1.82) is 5.41 Å². The Morgan fingerprint density at radius 1 is 1.67 bits per heavy atom. The minimum atomic E-state index is 0.521. The van der Waals surface area contributed by atoms with Crippen LogP contribution in [-0.4, -0.2) is 11.2 Å². The minimum absolute atomic E-state index is 0.521. The fraction of sp³-hybridized carbons (Fsp3) is 0. The third-order valence-corrected chi connectivity index (χ3v) is 1.28. The van der Waals surface area contributed by atoms with E-state index in [1.54, 1.807) is 12.3 Å². The molecule has 0 aliphatic carbocycles. The number of hydrogen-bond donors (Lipinski definition) is 1. The Bertz CT molecular complexity index is 222. The van der Waals surface area contributed by atoms with Gasteiger partial charge in [-0.2, -0.15) is 0 Å². The van der Waals surface area contributed by atoms with Crippen LogP contribution < -0.4 is 0 Å². The summed E-state index contributed by atoms with van der Waals surface area (Å²) >= 11 is 5.61. The molecule has 0 saturated carbocycles. The maximum Gasteiger partial charge on any atom is 0.0676 e. The quantitative estimate of drug-likeness (QED) is 0.593. The lowest BCUT2D eigenvalue weighted by atomic mass is 10.3. The molecule has 1 aromatic heterocycles. The lowest BCUT2D eigenvalue weighted by Crippen LogP contribution is -1.80. The zero-order chi connectivity index (χ0) is 6.69. The first-order valence-electron chi connectivity index (χ1n) is 2.44. The molecule has 1 aromatic rings. The third kappa shape index (κ3) is 1.27. The van der Waals surface area contributed by atoms with Gasteiger partial charge >= 0.3 is 0 Å². The minimum Gasteiger partial charge on any atom is -0.308 e. The van der Waals surface area contributed by atoms with Gasteiger partial charge in [-0.3, -0.25) is 4.98 Å². The lowest BCUT2D eigenvalue weighted by molar-refractivity contribution is 1.32. The number of halogens is 1. The highest BCUT2D eigenvalue weighted by Crippen LogP contribution is 2.09. The van der Waals surface area contributed by atoms with Crippen molar-refractivity contribution in [2.45, 2.75) is 0 Å². The van der Waals surface area contributed by atoms with Crippen molar-refractivity contribution < 1.29 is 0 Å². The predicted octanol–water partition coefficient (Wildman–Crippen LogP) is 1.73. The zero-order valence-electron chi connectivity index (χ0n) is 4.63. The molecule has 2 nitrogen and oxygen atoms in total. The van der Waals surface area contributed by atoms with Crippen molar-refractivity contribution >= 4 is 17.8 Å². The van der Waals surface area contributed by atoms with Crippen LogP contribution in [0.4, 0.5) is 0 Å². The fourth-order valence-corrected chi connectivity index (χ4v) is 0.677. The average Bonchev–Trinajstić information content (AvgIpc) is 1.89. The van der Waals surface area contributed by atoms with E-state index in [1.807, 2.05) is 0 Å². The summed E-state index contributed by atoms with van der Waals surface area (Å²) in [5.74, 6) is 0. The Hall–Kier alpha value is -0.890. The summed E-state index contributed by atoms with van der Waals surface area (Å²) < 4.78 is 0. The molecule has 0 amide bonds. The molecule has 0 saturated heterocycles. The lowest BCUT2D eigenvalue weighted by Gasteiger charge is -1.91. The molecule has 0 spiro atoms. The first kappa shape index (κ1) is 6.23. The van der Waals surface area contributed by atoms with E-state index < -0.39 is 0 Å². The van der Waals surface area contributed by atoms with Crippen LogP contribution in [0.5, 0.6) is 0 Å². The molecular formula is C6H5ClN2. The molecule has 1 heterocycles. The topological polar surface area (TPSA) is 36.7 Å². The summed E-state index contributed by atoms with van der Waals surface area (Å²) in [5, 5.41) is 7.37. The first-order chi connectivity index (χ1) is 4.34. The molecule has 9 heavy (non-hydrogen) atoms. The molecule has 0 fully saturated rings. The summed E-state index contributed by atoms with van der Waals surface area (Å²) in [7, 11) is 0. The van der Waals surface area contributed by atoms with Gasteiger partial charge in [-0.1, -0.05) is 11.6 Å². The first-order valence-corrected chi connectivity index (χ1v) is 2.82. The maximum atomic E-state index is 6.85. The summed E-state index contributed by atoms with van der Waals surface area (Å²) in [6, 6.07) is 1.69. The Morgan fingerprint density at radius 3 is 2.89 bits per heavy atom. The van der Waals surface area contributed by atoms with E-state index in [1.165, 1.54) is 12.4 Å². The summed E-state index contributed by atoms with van der Waals surface area (Å²) in [4.78, 5) is 3.76. The molecule has 0 aliphatic heterocycles. The summed E-state index contributed by atoms with van der Waals surface area (Å²) in [5.41, 5.74) is 0.701. The molecule has 46 valence electrons. The Morgan fingerprint density at radius 2 is 2.44 bits per heavy atom. The van der Waals surface area contributed by atoms with Crippen LogP contribution in [-0.2, 0) is 0 Å². The van der Waals surface area contributed by atoms with Crippen molar-refractivity contribution in [1.82, 2.24) is 4.98 Å². The van der Waals surface area contributed by atoms with Crippen LogP contribution in [0.25, 0.3) is 0 Å². The van der Waals surface area contributed by atoms with E-state index in [-0.39, 0.29) is 0 Å². The Kier molecular flexibility index (Phi) is 1.80. The fourth-order valence-electron chi connectivity index (χ4n) is 0.503.